The van der Waals surface area contributed by atoms with Crippen LogP contribution in [0.1, 0.15) is 32.7 Å². The maximum absolute atomic E-state index is 12.0. The van der Waals surface area contributed by atoms with Gasteiger partial charge in [-0.1, -0.05) is 44.0 Å². The first-order valence-corrected chi connectivity index (χ1v) is 11.3. The van der Waals surface area contributed by atoms with E-state index in [0.717, 1.165) is 38.1 Å². The third-order valence-electron chi connectivity index (χ3n) is 5.21. The standard InChI is InChI=1S/C23H19Br2N3O2/c1-12-4-5-13(2)21(6-12)28-14(3)19(11-26-28)20-9-18(23(29)30)17-8-16(25)7-15(10-24)22(17)27-20/h4-9,11H,10H2,1-3H3,(H,29,30). The van der Waals surface area contributed by atoms with E-state index in [-0.39, 0.29) is 5.56 Å². The average molecular weight is 529 g/mol. The molecule has 2 heterocycles. The Hall–Kier alpha value is -2.51. The van der Waals surface area contributed by atoms with Crippen molar-refractivity contribution in [3.63, 3.8) is 0 Å². The van der Waals surface area contributed by atoms with Gasteiger partial charge in [0.25, 0.3) is 0 Å². The van der Waals surface area contributed by atoms with Crippen molar-refractivity contribution in [2.45, 2.75) is 26.1 Å². The van der Waals surface area contributed by atoms with E-state index in [2.05, 4.69) is 55.2 Å². The molecular weight excluding hydrogens is 510 g/mol. The number of hydrogen-bond acceptors (Lipinski definition) is 3. The van der Waals surface area contributed by atoms with Crippen LogP contribution in [0, 0.1) is 20.8 Å². The molecule has 1 N–H and O–H groups in total. The summed E-state index contributed by atoms with van der Waals surface area (Å²) < 4.78 is 2.71. The van der Waals surface area contributed by atoms with E-state index in [1.165, 1.54) is 0 Å². The Balaban J connectivity index is 1.97. The van der Waals surface area contributed by atoms with Crippen molar-refractivity contribution < 1.29 is 9.90 Å². The Morgan fingerprint density at radius 3 is 2.60 bits per heavy atom. The van der Waals surface area contributed by atoms with Gasteiger partial charge in [-0.05, 0) is 61.7 Å². The van der Waals surface area contributed by atoms with Gasteiger partial charge in [-0.15, -0.1) is 0 Å². The molecule has 0 aliphatic heterocycles. The van der Waals surface area contributed by atoms with Gasteiger partial charge in [0.15, 0.2) is 0 Å². The minimum Gasteiger partial charge on any atom is -0.478 e. The first-order chi connectivity index (χ1) is 14.3. The van der Waals surface area contributed by atoms with E-state index in [1.54, 1.807) is 18.3 Å². The fourth-order valence-corrected chi connectivity index (χ4v) is 4.56. The highest BCUT2D eigenvalue weighted by molar-refractivity contribution is 9.10. The fraction of sp³-hybridized carbons (Fsp3) is 0.174. The van der Waals surface area contributed by atoms with Crippen LogP contribution in [0.4, 0.5) is 0 Å². The smallest absolute Gasteiger partial charge is 0.336 e. The molecule has 0 aliphatic rings. The molecule has 0 aliphatic carbocycles. The summed E-state index contributed by atoms with van der Waals surface area (Å²) in [7, 11) is 0. The lowest BCUT2D eigenvalue weighted by Crippen LogP contribution is -2.03. The molecule has 0 amide bonds. The Morgan fingerprint density at radius 2 is 1.90 bits per heavy atom. The van der Waals surface area contributed by atoms with Crippen LogP contribution in [0.15, 0.2) is 47.1 Å². The molecule has 2 aromatic heterocycles. The number of pyridine rings is 1. The number of aromatic carboxylic acids is 1. The van der Waals surface area contributed by atoms with E-state index in [1.807, 2.05) is 31.5 Å². The zero-order valence-electron chi connectivity index (χ0n) is 16.7. The number of aryl methyl sites for hydroxylation is 2. The number of aromatic nitrogens is 3. The Labute approximate surface area is 191 Å². The summed E-state index contributed by atoms with van der Waals surface area (Å²) in [5.41, 5.74) is 7.39. The maximum atomic E-state index is 12.0. The molecule has 2 aromatic carbocycles. The van der Waals surface area contributed by atoms with Crippen LogP contribution < -0.4 is 0 Å². The van der Waals surface area contributed by atoms with Crippen molar-refractivity contribution in [2.24, 2.45) is 0 Å². The molecule has 5 nitrogen and oxygen atoms in total. The van der Waals surface area contributed by atoms with Crippen molar-refractivity contribution in [1.29, 1.82) is 0 Å². The van der Waals surface area contributed by atoms with Gasteiger partial charge in [0, 0.05) is 20.8 Å². The minimum atomic E-state index is -0.984. The number of carbonyl (C=O) groups is 1. The molecule has 0 unspecified atom stereocenters. The van der Waals surface area contributed by atoms with Gasteiger partial charge in [-0.3, -0.25) is 0 Å². The highest BCUT2D eigenvalue weighted by Gasteiger charge is 2.19. The highest BCUT2D eigenvalue weighted by Crippen LogP contribution is 2.32. The molecular formula is C23H19Br2N3O2. The number of hydrogen-bond donors (Lipinski definition) is 1. The number of carboxylic acids is 1. The molecule has 152 valence electrons. The second-order valence-electron chi connectivity index (χ2n) is 7.30. The van der Waals surface area contributed by atoms with Crippen LogP contribution in [-0.4, -0.2) is 25.8 Å². The van der Waals surface area contributed by atoms with Gasteiger partial charge in [-0.2, -0.15) is 5.10 Å². The zero-order valence-corrected chi connectivity index (χ0v) is 19.9. The summed E-state index contributed by atoms with van der Waals surface area (Å²) in [4.78, 5) is 16.9. The van der Waals surface area contributed by atoms with Crippen molar-refractivity contribution in [2.75, 3.05) is 0 Å². The predicted molar refractivity (Wildman–Crippen MR) is 126 cm³/mol. The monoisotopic (exact) mass is 527 g/mol. The van der Waals surface area contributed by atoms with Gasteiger partial charge >= 0.3 is 5.97 Å². The molecule has 7 heteroatoms. The van der Waals surface area contributed by atoms with Gasteiger partial charge in [0.2, 0.25) is 0 Å². The second-order valence-corrected chi connectivity index (χ2v) is 8.78. The lowest BCUT2D eigenvalue weighted by atomic mass is 10.0. The van der Waals surface area contributed by atoms with Gasteiger partial charge in [0.1, 0.15) is 0 Å². The lowest BCUT2D eigenvalue weighted by molar-refractivity contribution is 0.0699. The lowest BCUT2D eigenvalue weighted by Gasteiger charge is -2.12. The number of fused-ring (bicyclic) bond motifs is 1. The van der Waals surface area contributed by atoms with Crippen LogP contribution in [0.3, 0.4) is 0 Å². The normalized spacial score (nSPS) is 11.2. The first-order valence-electron chi connectivity index (χ1n) is 9.35. The van der Waals surface area contributed by atoms with Crippen LogP contribution in [0.5, 0.6) is 0 Å². The number of carboxylic acid groups (broad SMARTS) is 1. The molecule has 30 heavy (non-hydrogen) atoms. The van der Waals surface area contributed by atoms with E-state index < -0.39 is 5.97 Å². The molecule has 4 rings (SSSR count). The van der Waals surface area contributed by atoms with E-state index >= 15 is 0 Å². The summed E-state index contributed by atoms with van der Waals surface area (Å²) in [6, 6.07) is 11.6. The number of alkyl halides is 1. The SMILES string of the molecule is Cc1ccc(C)c(-n2ncc(-c3cc(C(=O)O)c4cc(Br)cc(CBr)c4n3)c2C)c1. The topological polar surface area (TPSA) is 68.0 Å². The highest BCUT2D eigenvalue weighted by atomic mass is 79.9. The molecule has 0 saturated carbocycles. The number of nitrogens with zero attached hydrogens (tertiary/aromatic N) is 3. The second kappa shape index (κ2) is 7.96. The third-order valence-corrected chi connectivity index (χ3v) is 6.27. The summed E-state index contributed by atoms with van der Waals surface area (Å²) in [6.07, 6.45) is 1.75. The van der Waals surface area contributed by atoms with Crippen molar-refractivity contribution in [3.8, 4) is 16.9 Å². The van der Waals surface area contributed by atoms with Crippen molar-refractivity contribution in [1.82, 2.24) is 14.8 Å². The Bertz CT molecular complexity index is 1310. The quantitative estimate of drug-likeness (QED) is 0.312. The van der Waals surface area contributed by atoms with Crippen LogP contribution >= 0.6 is 31.9 Å². The van der Waals surface area contributed by atoms with Crippen LogP contribution in [0.25, 0.3) is 27.8 Å². The van der Waals surface area contributed by atoms with Crippen LogP contribution in [-0.2, 0) is 5.33 Å². The number of benzene rings is 2. The predicted octanol–water partition coefficient (Wildman–Crippen LogP) is 6.37. The Morgan fingerprint density at radius 1 is 1.13 bits per heavy atom. The molecule has 0 bridgehead atoms. The molecule has 0 radical (unpaired) electrons. The Kier molecular flexibility index (Phi) is 5.51. The van der Waals surface area contributed by atoms with E-state index in [4.69, 9.17) is 4.98 Å². The summed E-state index contributed by atoms with van der Waals surface area (Å²) in [6.45, 7) is 6.07. The van der Waals surface area contributed by atoms with Crippen molar-refractivity contribution >= 4 is 48.7 Å². The van der Waals surface area contributed by atoms with E-state index in [9.17, 15) is 9.90 Å². The minimum absolute atomic E-state index is 0.220. The largest absolute Gasteiger partial charge is 0.478 e. The molecule has 0 spiro atoms. The summed E-state index contributed by atoms with van der Waals surface area (Å²) in [5, 5.41) is 15.6. The fourth-order valence-electron chi connectivity index (χ4n) is 3.63. The number of rotatable bonds is 4. The average Bonchev–Trinajstić information content (AvgIpc) is 3.09. The molecule has 0 fully saturated rings. The van der Waals surface area contributed by atoms with Gasteiger partial charge < -0.3 is 5.11 Å². The molecule has 0 atom stereocenters. The first kappa shape index (κ1) is 20.8. The third kappa shape index (κ3) is 3.56. The van der Waals surface area contributed by atoms with E-state index in [0.29, 0.717) is 21.9 Å². The number of halogens is 2. The zero-order chi connectivity index (χ0) is 21.6. The maximum Gasteiger partial charge on any atom is 0.336 e. The van der Waals surface area contributed by atoms with Crippen molar-refractivity contribution in [3.05, 3.63) is 75.0 Å². The summed E-state index contributed by atoms with van der Waals surface area (Å²) >= 11 is 6.96. The van der Waals surface area contributed by atoms with Crippen LogP contribution in [0.2, 0.25) is 0 Å². The molecule has 4 aromatic rings. The summed E-state index contributed by atoms with van der Waals surface area (Å²) in [5.74, 6) is -0.984. The van der Waals surface area contributed by atoms with Gasteiger partial charge in [-0.25, -0.2) is 14.5 Å². The van der Waals surface area contributed by atoms with Gasteiger partial charge in [0.05, 0.1) is 34.4 Å². The molecule has 0 saturated heterocycles.